The van der Waals surface area contributed by atoms with Crippen LogP contribution in [-0.2, 0) is 13.1 Å². The molecule has 0 unspecified atom stereocenters. The molecule has 2 heterocycles. The Bertz CT molecular complexity index is 984. The molecule has 138 valence electrons. The van der Waals surface area contributed by atoms with E-state index in [1.807, 2.05) is 54.1 Å². The molecule has 6 heteroatoms. The molecule has 0 fully saturated rings. The number of aliphatic hydroxyl groups is 1. The fraction of sp³-hybridized carbons (Fsp3) is 0.238. The molecule has 0 bridgehead atoms. The molecule has 1 aliphatic rings. The molecule has 2 aromatic carbocycles. The maximum Gasteiger partial charge on any atom is 0.254 e. The van der Waals surface area contributed by atoms with Crippen LogP contribution in [-0.4, -0.2) is 32.2 Å². The van der Waals surface area contributed by atoms with Crippen molar-refractivity contribution >= 4 is 17.5 Å². The summed E-state index contributed by atoms with van der Waals surface area (Å²) in [5.41, 5.74) is 3.85. The topological polar surface area (TPSA) is 58.4 Å². The van der Waals surface area contributed by atoms with Crippen molar-refractivity contribution < 1.29 is 9.90 Å². The minimum atomic E-state index is -0.774. The molecule has 1 N–H and O–H groups in total. The first-order valence-electron chi connectivity index (χ1n) is 8.88. The zero-order chi connectivity index (χ0) is 19.0. The van der Waals surface area contributed by atoms with Gasteiger partial charge < -0.3 is 10.0 Å². The minimum Gasteiger partial charge on any atom is -0.382 e. The summed E-state index contributed by atoms with van der Waals surface area (Å²) >= 11 is 6.06. The molecule has 0 saturated carbocycles. The molecule has 4 rings (SSSR count). The Balaban J connectivity index is 1.56. The lowest BCUT2D eigenvalue weighted by molar-refractivity contribution is 0.0705. The van der Waals surface area contributed by atoms with E-state index in [1.165, 1.54) is 0 Å². The van der Waals surface area contributed by atoms with Gasteiger partial charge in [0.2, 0.25) is 0 Å². The van der Waals surface area contributed by atoms with Gasteiger partial charge in [-0.25, -0.2) is 0 Å². The van der Waals surface area contributed by atoms with E-state index in [0.29, 0.717) is 35.9 Å². The number of carbonyl (C=O) groups excluding carboxylic acids is 1. The number of aromatic nitrogens is 2. The average Bonchev–Trinajstić information content (AvgIpc) is 3.12. The Morgan fingerprint density at radius 2 is 1.93 bits per heavy atom. The third-order valence-electron chi connectivity index (χ3n) is 4.93. The molecule has 1 aromatic heterocycles. The van der Waals surface area contributed by atoms with Crippen molar-refractivity contribution in [3.8, 4) is 0 Å². The summed E-state index contributed by atoms with van der Waals surface area (Å²) in [6, 6.07) is 16.7. The number of aliphatic hydroxyl groups excluding tert-OH is 1. The van der Waals surface area contributed by atoms with Crippen molar-refractivity contribution in [1.82, 2.24) is 14.7 Å². The minimum absolute atomic E-state index is 0.0346. The summed E-state index contributed by atoms with van der Waals surface area (Å²) < 4.78 is 1.87. The quantitative estimate of drug-likeness (QED) is 0.754. The number of hydrogen-bond acceptors (Lipinski definition) is 3. The molecule has 3 aromatic rings. The van der Waals surface area contributed by atoms with Crippen LogP contribution in [0.5, 0.6) is 0 Å². The lowest BCUT2D eigenvalue weighted by Gasteiger charge is -2.28. The van der Waals surface area contributed by atoms with Gasteiger partial charge in [0.05, 0.1) is 24.5 Å². The van der Waals surface area contributed by atoms with Crippen LogP contribution in [0.1, 0.15) is 39.0 Å². The number of rotatable bonds is 3. The number of amides is 1. The van der Waals surface area contributed by atoms with Crippen molar-refractivity contribution in [3.63, 3.8) is 0 Å². The number of hydrogen-bond donors (Lipinski definition) is 1. The largest absolute Gasteiger partial charge is 0.382 e. The van der Waals surface area contributed by atoms with Gasteiger partial charge in [-0.05, 0) is 36.2 Å². The Morgan fingerprint density at radius 1 is 1.15 bits per heavy atom. The fourth-order valence-corrected chi connectivity index (χ4v) is 3.57. The van der Waals surface area contributed by atoms with E-state index in [0.717, 1.165) is 16.8 Å². The van der Waals surface area contributed by atoms with E-state index in [9.17, 15) is 9.90 Å². The lowest BCUT2D eigenvalue weighted by Crippen LogP contribution is -2.38. The molecule has 0 aliphatic carbocycles. The second-order valence-electron chi connectivity index (χ2n) is 6.78. The number of aryl methyl sites for hydroxylation is 1. The highest BCUT2D eigenvalue weighted by atomic mass is 35.5. The van der Waals surface area contributed by atoms with Crippen molar-refractivity contribution in [2.75, 3.05) is 6.54 Å². The van der Waals surface area contributed by atoms with Gasteiger partial charge in [0, 0.05) is 17.1 Å². The van der Waals surface area contributed by atoms with Gasteiger partial charge in [-0.15, -0.1) is 0 Å². The summed E-state index contributed by atoms with van der Waals surface area (Å²) in [6.45, 7) is 3.54. The molecular weight excluding hydrogens is 362 g/mol. The summed E-state index contributed by atoms with van der Waals surface area (Å²) in [5, 5.41) is 15.7. The highest BCUT2D eigenvalue weighted by molar-refractivity contribution is 6.31. The van der Waals surface area contributed by atoms with Crippen molar-refractivity contribution in [1.29, 1.82) is 0 Å². The molecule has 0 saturated heterocycles. The Morgan fingerprint density at radius 3 is 2.70 bits per heavy atom. The standard InChI is InChI=1S/C21H20ClN3O2/c1-14-7-8-16(22)11-18(14)21(27)24-9-10-25-17(13-24)12-19(23-25)20(26)15-5-3-2-4-6-15/h2-8,11-12,20,26H,9-10,13H2,1H3/t20-/m1/s1. The molecule has 5 nitrogen and oxygen atoms in total. The second kappa shape index (κ2) is 7.18. The molecule has 27 heavy (non-hydrogen) atoms. The molecule has 0 spiro atoms. The van der Waals surface area contributed by atoms with Crippen molar-refractivity contribution in [2.45, 2.75) is 26.1 Å². The zero-order valence-electron chi connectivity index (χ0n) is 15.0. The Kier molecular flexibility index (Phi) is 4.72. The monoisotopic (exact) mass is 381 g/mol. The van der Waals surface area contributed by atoms with E-state index in [4.69, 9.17) is 11.6 Å². The number of benzene rings is 2. The summed E-state index contributed by atoms with van der Waals surface area (Å²) in [5.74, 6) is -0.0346. The van der Waals surface area contributed by atoms with Gasteiger partial charge in [0.15, 0.2) is 0 Å². The molecule has 1 amide bonds. The van der Waals surface area contributed by atoms with E-state index in [1.54, 1.807) is 17.0 Å². The Labute approximate surface area is 162 Å². The average molecular weight is 382 g/mol. The number of halogens is 1. The van der Waals surface area contributed by atoms with Crippen LogP contribution in [0.3, 0.4) is 0 Å². The van der Waals surface area contributed by atoms with Gasteiger partial charge in [0.25, 0.3) is 5.91 Å². The highest BCUT2D eigenvalue weighted by Crippen LogP contribution is 2.25. The lowest BCUT2D eigenvalue weighted by atomic mass is 10.1. The first-order valence-corrected chi connectivity index (χ1v) is 9.26. The summed E-state index contributed by atoms with van der Waals surface area (Å²) in [7, 11) is 0. The van der Waals surface area contributed by atoms with Crippen molar-refractivity contribution in [2.24, 2.45) is 0 Å². The normalized spacial score (nSPS) is 14.7. The van der Waals surface area contributed by atoms with E-state index < -0.39 is 6.10 Å². The van der Waals surface area contributed by atoms with Crippen molar-refractivity contribution in [3.05, 3.63) is 87.7 Å². The third kappa shape index (κ3) is 3.48. The van der Waals surface area contributed by atoms with Gasteiger partial charge >= 0.3 is 0 Å². The predicted molar refractivity (Wildman–Crippen MR) is 104 cm³/mol. The van der Waals surface area contributed by atoms with Gasteiger partial charge in [-0.2, -0.15) is 5.10 Å². The van der Waals surface area contributed by atoms with Gasteiger partial charge in [-0.3, -0.25) is 9.48 Å². The maximum atomic E-state index is 12.9. The van der Waals surface area contributed by atoms with Gasteiger partial charge in [-0.1, -0.05) is 48.0 Å². The van der Waals surface area contributed by atoms with Crippen LogP contribution in [0.2, 0.25) is 5.02 Å². The van der Waals surface area contributed by atoms with Crippen LogP contribution in [0.4, 0.5) is 0 Å². The van der Waals surface area contributed by atoms with Crippen LogP contribution in [0, 0.1) is 6.92 Å². The first kappa shape index (κ1) is 17.8. The fourth-order valence-electron chi connectivity index (χ4n) is 3.40. The molecule has 0 radical (unpaired) electrons. The smallest absolute Gasteiger partial charge is 0.254 e. The van der Waals surface area contributed by atoms with Crippen LogP contribution < -0.4 is 0 Å². The number of fused-ring (bicyclic) bond motifs is 1. The Hall–Kier alpha value is -2.63. The number of carbonyl (C=O) groups is 1. The maximum absolute atomic E-state index is 12.9. The SMILES string of the molecule is Cc1ccc(Cl)cc1C(=O)N1CCn2nc([C@H](O)c3ccccc3)cc2C1. The second-order valence-corrected chi connectivity index (χ2v) is 7.22. The first-order chi connectivity index (χ1) is 13.0. The predicted octanol–water partition coefficient (Wildman–Crippen LogP) is 3.58. The summed E-state index contributed by atoms with van der Waals surface area (Å²) in [4.78, 5) is 14.7. The molecular formula is C21H20ClN3O2. The zero-order valence-corrected chi connectivity index (χ0v) is 15.7. The molecule has 1 atom stereocenters. The number of nitrogens with zero attached hydrogens (tertiary/aromatic N) is 3. The van der Waals surface area contributed by atoms with Crippen LogP contribution in [0.15, 0.2) is 54.6 Å². The van der Waals surface area contributed by atoms with Crippen LogP contribution in [0.25, 0.3) is 0 Å². The third-order valence-corrected chi connectivity index (χ3v) is 5.16. The van der Waals surface area contributed by atoms with Gasteiger partial charge in [0.1, 0.15) is 6.10 Å². The van der Waals surface area contributed by atoms with E-state index >= 15 is 0 Å². The highest BCUT2D eigenvalue weighted by Gasteiger charge is 2.26. The van der Waals surface area contributed by atoms with E-state index in [2.05, 4.69) is 5.10 Å². The molecule has 1 aliphatic heterocycles. The van der Waals surface area contributed by atoms with E-state index in [-0.39, 0.29) is 5.91 Å². The summed E-state index contributed by atoms with van der Waals surface area (Å²) in [6.07, 6.45) is -0.774. The van der Waals surface area contributed by atoms with Crippen LogP contribution >= 0.6 is 11.6 Å².